The standard InChI is InChI=1S/C18H23N5/c1-6-15-10-16(23-18(21-15)12(3)13(4)22-23)20-14(5)17-11(2)8-7-9-19-17/h7-10,14,20H,6H2,1-5H3. The molecule has 0 spiro atoms. The number of aryl methyl sites for hydroxylation is 4. The number of fused-ring (bicyclic) bond motifs is 1. The van der Waals surface area contributed by atoms with E-state index in [0.717, 1.165) is 40.5 Å². The Morgan fingerprint density at radius 1 is 1.26 bits per heavy atom. The van der Waals surface area contributed by atoms with Crippen LogP contribution in [-0.2, 0) is 6.42 Å². The van der Waals surface area contributed by atoms with Crippen LogP contribution in [0.3, 0.4) is 0 Å². The zero-order valence-electron chi connectivity index (χ0n) is 14.4. The van der Waals surface area contributed by atoms with Crippen LogP contribution in [0, 0.1) is 20.8 Å². The minimum absolute atomic E-state index is 0.0938. The highest BCUT2D eigenvalue weighted by Crippen LogP contribution is 2.23. The number of nitrogens with one attached hydrogen (secondary N) is 1. The molecular formula is C18H23N5. The third-order valence-electron chi connectivity index (χ3n) is 4.30. The Hall–Kier alpha value is -2.43. The van der Waals surface area contributed by atoms with E-state index in [-0.39, 0.29) is 6.04 Å². The van der Waals surface area contributed by atoms with Crippen molar-refractivity contribution in [3.05, 3.63) is 52.6 Å². The molecular weight excluding hydrogens is 286 g/mol. The maximum Gasteiger partial charge on any atom is 0.160 e. The number of hydrogen-bond donors (Lipinski definition) is 1. The molecule has 0 aromatic carbocycles. The maximum atomic E-state index is 4.72. The molecule has 5 heteroatoms. The van der Waals surface area contributed by atoms with Crippen molar-refractivity contribution >= 4 is 11.5 Å². The van der Waals surface area contributed by atoms with E-state index in [1.807, 2.05) is 23.7 Å². The molecule has 1 unspecified atom stereocenters. The normalized spacial score (nSPS) is 12.6. The third kappa shape index (κ3) is 2.79. The van der Waals surface area contributed by atoms with E-state index in [1.54, 1.807) is 0 Å². The highest BCUT2D eigenvalue weighted by Gasteiger charge is 2.15. The fraction of sp³-hybridized carbons (Fsp3) is 0.389. The predicted octanol–water partition coefficient (Wildman–Crippen LogP) is 3.79. The van der Waals surface area contributed by atoms with Gasteiger partial charge in [0.25, 0.3) is 0 Å². The van der Waals surface area contributed by atoms with Gasteiger partial charge in [-0.25, -0.2) is 4.98 Å². The molecule has 0 amide bonds. The second-order valence-corrected chi connectivity index (χ2v) is 6.00. The Bertz CT molecular complexity index is 850. The van der Waals surface area contributed by atoms with Crippen molar-refractivity contribution in [3.8, 4) is 0 Å². The van der Waals surface area contributed by atoms with Gasteiger partial charge < -0.3 is 5.32 Å². The van der Waals surface area contributed by atoms with Crippen molar-refractivity contribution < 1.29 is 0 Å². The molecule has 0 saturated heterocycles. The van der Waals surface area contributed by atoms with Gasteiger partial charge in [-0.05, 0) is 45.7 Å². The molecule has 0 radical (unpaired) electrons. The molecule has 0 bridgehead atoms. The first kappa shape index (κ1) is 15.5. The Kier molecular flexibility index (Phi) is 4.03. The second-order valence-electron chi connectivity index (χ2n) is 6.00. The number of aromatic nitrogens is 4. The molecule has 5 nitrogen and oxygen atoms in total. The maximum absolute atomic E-state index is 4.72. The average molecular weight is 309 g/mol. The van der Waals surface area contributed by atoms with Crippen molar-refractivity contribution in [1.82, 2.24) is 19.6 Å². The third-order valence-corrected chi connectivity index (χ3v) is 4.30. The molecule has 1 N–H and O–H groups in total. The average Bonchev–Trinajstić information content (AvgIpc) is 2.83. The minimum atomic E-state index is 0.0938. The number of hydrogen-bond acceptors (Lipinski definition) is 4. The number of nitrogens with zero attached hydrogens (tertiary/aromatic N) is 4. The van der Waals surface area contributed by atoms with Gasteiger partial charge >= 0.3 is 0 Å². The summed E-state index contributed by atoms with van der Waals surface area (Å²) in [7, 11) is 0. The first-order valence-corrected chi connectivity index (χ1v) is 8.05. The molecule has 0 fully saturated rings. The number of pyridine rings is 1. The van der Waals surface area contributed by atoms with Crippen LogP contribution in [0.4, 0.5) is 5.82 Å². The molecule has 1 atom stereocenters. The highest BCUT2D eigenvalue weighted by atomic mass is 15.3. The molecule has 3 heterocycles. The van der Waals surface area contributed by atoms with Crippen LogP contribution in [-0.4, -0.2) is 19.6 Å². The van der Waals surface area contributed by atoms with Crippen molar-refractivity contribution in [1.29, 1.82) is 0 Å². The first-order valence-electron chi connectivity index (χ1n) is 8.05. The van der Waals surface area contributed by atoms with Crippen molar-refractivity contribution in [3.63, 3.8) is 0 Å². The lowest BCUT2D eigenvalue weighted by atomic mass is 10.1. The monoisotopic (exact) mass is 309 g/mol. The lowest BCUT2D eigenvalue weighted by Gasteiger charge is -2.18. The van der Waals surface area contributed by atoms with Gasteiger partial charge in [-0.2, -0.15) is 9.61 Å². The zero-order valence-corrected chi connectivity index (χ0v) is 14.4. The summed E-state index contributed by atoms with van der Waals surface area (Å²) in [6.45, 7) is 10.4. The van der Waals surface area contributed by atoms with E-state index in [9.17, 15) is 0 Å². The van der Waals surface area contributed by atoms with E-state index in [1.165, 1.54) is 5.56 Å². The topological polar surface area (TPSA) is 55.1 Å². The largest absolute Gasteiger partial charge is 0.362 e. The summed E-state index contributed by atoms with van der Waals surface area (Å²) in [5, 5.41) is 8.18. The van der Waals surface area contributed by atoms with Crippen molar-refractivity contribution in [2.75, 3.05) is 5.32 Å². The van der Waals surface area contributed by atoms with Crippen LogP contribution < -0.4 is 5.32 Å². The second kappa shape index (κ2) is 5.99. The van der Waals surface area contributed by atoms with Gasteiger partial charge in [0.05, 0.1) is 17.4 Å². The summed E-state index contributed by atoms with van der Waals surface area (Å²) in [6, 6.07) is 6.22. The van der Waals surface area contributed by atoms with E-state index in [2.05, 4.69) is 55.2 Å². The van der Waals surface area contributed by atoms with E-state index >= 15 is 0 Å². The number of anilines is 1. The van der Waals surface area contributed by atoms with Gasteiger partial charge in [0.1, 0.15) is 5.82 Å². The van der Waals surface area contributed by atoms with Gasteiger partial charge in [-0.1, -0.05) is 13.0 Å². The quantitative estimate of drug-likeness (QED) is 0.797. The number of rotatable bonds is 4. The molecule has 3 aromatic rings. The lowest BCUT2D eigenvalue weighted by molar-refractivity contribution is 0.796. The Morgan fingerprint density at radius 3 is 2.74 bits per heavy atom. The Balaban J connectivity index is 2.05. The molecule has 120 valence electrons. The molecule has 3 aromatic heterocycles. The summed E-state index contributed by atoms with van der Waals surface area (Å²) in [5.74, 6) is 0.959. The van der Waals surface area contributed by atoms with Gasteiger partial charge in [0.15, 0.2) is 5.65 Å². The van der Waals surface area contributed by atoms with Gasteiger partial charge in [0, 0.05) is 23.5 Å². The summed E-state index contributed by atoms with van der Waals surface area (Å²) in [5.41, 5.74) is 6.36. The van der Waals surface area contributed by atoms with Crippen LogP contribution >= 0.6 is 0 Å². The lowest BCUT2D eigenvalue weighted by Crippen LogP contribution is -2.14. The fourth-order valence-corrected chi connectivity index (χ4v) is 2.80. The van der Waals surface area contributed by atoms with E-state index in [4.69, 9.17) is 4.98 Å². The molecule has 0 aliphatic heterocycles. The van der Waals surface area contributed by atoms with Gasteiger partial charge in [-0.3, -0.25) is 4.98 Å². The molecule has 3 rings (SSSR count). The smallest absolute Gasteiger partial charge is 0.160 e. The van der Waals surface area contributed by atoms with Crippen LogP contribution in [0.25, 0.3) is 5.65 Å². The Labute approximate surface area is 136 Å². The SMILES string of the molecule is CCc1cc(NC(C)c2ncccc2C)n2nc(C)c(C)c2n1. The van der Waals surface area contributed by atoms with Crippen LogP contribution in [0.15, 0.2) is 24.4 Å². The summed E-state index contributed by atoms with van der Waals surface area (Å²) < 4.78 is 1.90. The predicted molar refractivity (Wildman–Crippen MR) is 92.9 cm³/mol. The fourth-order valence-electron chi connectivity index (χ4n) is 2.80. The molecule has 0 aliphatic carbocycles. The summed E-state index contributed by atoms with van der Waals surface area (Å²) in [6.07, 6.45) is 2.73. The summed E-state index contributed by atoms with van der Waals surface area (Å²) in [4.78, 5) is 9.23. The Morgan fingerprint density at radius 2 is 2.04 bits per heavy atom. The van der Waals surface area contributed by atoms with Crippen LogP contribution in [0.5, 0.6) is 0 Å². The minimum Gasteiger partial charge on any atom is -0.362 e. The summed E-state index contributed by atoms with van der Waals surface area (Å²) >= 11 is 0. The molecule has 23 heavy (non-hydrogen) atoms. The van der Waals surface area contributed by atoms with E-state index in [0.29, 0.717) is 0 Å². The first-order chi connectivity index (χ1) is 11.0. The molecule has 0 saturated carbocycles. The van der Waals surface area contributed by atoms with Crippen LogP contribution in [0.1, 0.15) is 48.1 Å². The van der Waals surface area contributed by atoms with Gasteiger partial charge in [0.2, 0.25) is 0 Å². The zero-order chi connectivity index (χ0) is 16.6. The van der Waals surface area contributed by atoms with Crippen molar-refractivity contribution in [2.45, 2.75) is 47.1 Å². The van der Waals surface area contributed by atoms with E-state index < -0.39 is 0 Å². The van der Waals surface area contributed by atoms with Crippen molar-refractivity contribution in [2.24, 2.45) is 0 Å². The molecule has 0 aliphatic rings. The highest BCUT2D eigenvalue weighted by molar-refractivity contribution is 5.56. The van der Waals surface area contributed by atoms with Crippen LogP contribution in [0.2, 0.25) is 0 Å². The van der Waals surface area contributed by atoms with Gasteiger partial charge in [-0.15, -0.1) is 0 Å².